The van der Waals surface area contributed by atoms with E-state index in [0.717, 1.165) is 11.1 Å². The minimum absolute atomic E-state index is 0.0547. The van der Waals surface area contributed by atoms with Gasteiger partial charge in [-0.15, -0.1) is 0 Å². The Bertz CT molecular complexity index is 662. The molecule has 0 saturated heterocycles. The number of nitrogens with one attached hydrogen (secondary N) is 1. The maximum Gasteiger partial charge on any atom is 0.335 e. The van der Waals surface area contributed by atoms with Crippen LogP contribution in [-0.4, -0.2) is 28.4 Å². The van der Waals surface area contributed by atoms with Crippen LogP contribution in [0.1, 0.15) is 47.8 Å². The molecule has 1 aromatic rings. The van der Waals surface area contributed by atoms with Gasteiger partial charge in [-0.05, 0) is 49.9 Å². The zero-order chi connectivity index (χ0) is 15.9. The molecule has 1 aliphatic rings. The van der Waals surface area contributed by atoms with E-state index in [2.05, 4.69) is 10.3 Å². The Kier molecular flexibility index (Phi) is 3.61. The number of amides is 1. The number of carbonyl (C=O) groups is 2. The third-order valence-corrected chi connectivity index (χ3v) is 4.33. The van der Waals surface area contributed by atoms with Crippen molar-refractivity contribution in [1.29, 1.82) is 0 Å². The molecule has 0 aromatic heterocycles. The third-order valence-electron chi connectivity index (χ3n) is 4.33. The summed E-state index contributed by atoms with van der Waals surface area (Å²) >= 11 is 0. The molecule has 1 aliphatic heterocycles. The second-order valence-electron chi connectivity index (χ2n) is 5.99. The minimum Gasteiger partial charge on any atom is -0.478 e. The van der Waals surface area contributed by atoms with Crippen molar-refractivity contribution in [3.05, 3.63) is 34.4 Å². The summed E-state index contributed by atoms with van der Waals surface area (Å²) in [6.45, 7) is 9.43. The van der Waals surface area contributed by atoms with Crippen LogP contribution in [0.25, 0.3) is 0 Å². The lowest BCUT2D eigenvalue weighted by Crippen LogP contribution is -2.41. The molecule has 0 aliphatic carbocycles. The molecular weight excluding hydrogens is 268 g/mol. The lowest BCUT2D eigenvalue weighted by molar-refractivity contribution is -0.124. The second kappa shape index (κ2) is 4.98. The van der Waals surface area contributed by atoms with Gasteiger partial charge in [0, 0.05) is 5.56 Å². The van der Waals surface area contributed by atoms with Gasteiger partial charge < -0.3 is 10.4 Å². The van der Waals surface area contributed by atoms with Gasteiger partial charge in [0.15, 0.2) is 0 Å². The van der Waals surface area contributed by atoms with Gasteiger partial charge in [-0.2, -0.15) is 0 Å². The Hall–Kier alpha value is -2.17. The quantitative estimate of drug-likeness (QED) is 0.895. The molecule has 112 valence electrons. The number of hydrogen-bond donors (Lipinski definition) is 2. The molecule has 21 heavy (non-hydrogen) atoms. The molecule has 1 unspecified atom stereocenters. The van der Waals surface area contributed by atoms with Crippen molar-refractivity contribution < 1.29 is 14.7 Å². The van der Waals surface area contributed by atoms with Crippen molar-refractivity contribution in [3.8, 4) is 0 Å². The van der Waals surface area contributed by atoms with E-state index in [1.54, 1.807) is 19.1 Å². The molecule has 0 saturated carbocycles. The molecule has 5 nitrogen and oxygen atoms in total. The van der Waals surface area contributed by atoms with E-state index in [4.69, 9.17) is 0 Å². The van der Waals surface area contributed by atoms with Crippen LogP contribution in [0.15, 0.2) is 17.1 Å². The standard InChI is InChI=1S/C16H20N2O3/c1-8(2)16(5)15(21)17-13(18-16)12-7-11(14(19)20)6-9(3)10(12)4/h6-8H,1-5H3,(H,19,20)(H,17,18,21). The minimum atomic E-state index is -0.990. The Labute approximate surface area is 124 Å². The summed E-state index contributed by atoms with van der Waals surface area (Å²) in [6.07, 6.45) is 0. The molecule has 0 spiro atoms. The fourth-order valence-electron chi connectivity index (χ4n) is 2.29. The number of carbonyl (C=O) groups excluding carboxylic acids is 1. The normalized spacial score (nSPS) is 21.4. The summed E-state index contributed by atoms with van der Waals surface area (Å²) in [5.74, 6) is -0.625. The van der Waals surface area contributed by atoms with Crippen molar-refractivity contribution in [2.24, 2.45) is 10.9 Å². The first-order valence-electron chi connectivity index (χ1n) is 6.93. The molecule has 2 N–H and O–H groups in total. The average Bonchev–Trinajstić information content (AvgIpc) is 2.69. The molecular formula is C16H20N2O3. The SMILES string of the molecule is Cc1cc(C(=O)O)cc(C2=NC(C)(C(C)C)C(=O)N2)c1C. The average molecular weight is 288 g/mol. The number of rotatable bonds is 3. The van der Waals surface area contributed by atoms with Crippen LogP contribution in [0.2, 0.25) is 0 Å². The summed E-state index contributed by atoms with van der Waals surface area (Å²) in [5.41, 5.74) is 1.84. The van der Waals surface area contributed by atoms with Crippen LogP contribution in [0.3, 0.4) is 0 Å². The van der Waals surface area contributed by atoms with Crippen LogP contribution < -0.4 is 5.32 Å². The van der Waals surface area contributed by atoms with E-state index in [0.29, 0.717) is 11.4 Å². The van der Waals surface area contributed by atoms with Crippen molar-refractivity contribution in [2.45, 2.75) is 40.2 Å². The number of aromatic carboxylic acids is 1. The van der Waals surface area contributed by atoms with Crippen LogP contribution in [-0.2, 0) is 4.79 Å². The molecule has 5 heteroatoms. The summed E-state index contributed by atoms with van der Waals surface area (Å²) in [4.78, 5) is 27.9. The fraction of sp³-hybridized carbons (Fsp3) is 0.438. The smallest absolute Gasteiger partial charge is 0.335 e. The van der Waals surface area contributed by atoms with Gasteiger partial charge in [-0.3, -0.25) is 9.79 Å². The molecule has 0 radical (unpaired) electrons. The number of aliphatic imine (C=N–C) groups is 1. The Morgan fingerprint density at radius 2 is 1.95 bits per heavy atom. The lowest BCUT2D eigenvalue weighted by Gasteiger charge is -2.21. The van der Waals surface area contributed by atoms with Crippen molar-refractivity contribution in [2.75, 3.05) is 0 Å². The third kappa shape index (κ3) is 2.44. The number of amidine groups is 1. The number of nitrogens with zero attached hydrogens (tertiary/aromatic N) is 1. The summed E-state index contributed by atoms with van der Waals surface area (Å²) in [5, 5.41) is 12.0. The number of carboxylic acid groups (broad SMARTS) is 1. The molecule has 1 amide bonds. The van der Waals surface area contributed by atoms with Gasteiger partial charge in [-0.25, -0.2) is 4.79 Å². The number of hydrogen-bond acceptors (Lipinski definition) is 3. The number of carboxylic acids is 1. The lowest BCUT2D eigenvalue weighted by atomic mass is 9.89. The number of aryl methyl sites for hydroxylation is 1. The molecule has 1 heterocycles. The fourth-order valence-corrected chi connectivity index (χ4v) is 2.29. The molecule has 2 rings (SSSR count). The zero-order valence-corrected chi connectivity index (χ0v) is 12.9. The predicted octanol–water partition coefficient (Wildman–Crippen LogP) is 2.29. The van der Waals surface area contributed by atoms with Crippen molar-refractivity contribution in [1.82, 2.24) is 5.32 Å². The van der Waals surface area contributed by atoms with E-state index in [9.17, 15) is 14.7 Å². The van der Waals surface area contributed by atoms with Gasteiger partial charge in [0.2, 0.25) is 0 Å². The number of benzene rings is 1. The van der Waals surface area contributed by atoms with E-state index in [1.807, 2.05) is 27.7 Å². The van der Waals surface area contributed by atoms with Gasteiger partial charge >= 0.3 is 5.97 Å². The molecule has 0 bridgehead atoms. The van der Waals surface area contributed by atoms with Crippen LogP contribution in [0, 0.1) is 19.8 Å². The van der Waals surface area contributed by atoms with Crippen LogP contribution in [0.4, 0.5) is 0 Å². The summed E-state index contributed by atoms with van der Waals surface area (Å²) in [6, 6.07) is 3.19. The highest BCUT2D eigenvalue weighted by molar-refractivity contribution is 6.16. The first-order valence-corrected chi connectivity index (χ1v) is 6.93. The monoisotopic (exact) mass is 288 g/mol. The van der Waals surface area contributed by atoms with Gasteiger partial charge in [0.05, 0.1) is 5.56 Å². The van der Waals surface area contributed by atoms with Gasteiger partial charge in [0.25, 0.3) is 5.91 Å². The van der Waals surface area contributed by atoms with Crippen LogP contribution in [0.5, 0.6) is 0 Å². The molecule has 1 atom stereocenters. The molecule has 0 fully saturated rings. The maximum atomic E-state index is 12.2. The van der Waals surface area contributed by atoms with Gasteiger partial charge in [0.1, 0.15) is 11.4 Å². The first-order chi connectivity index (χ1) is 9.66. The Balaban J connectivity index is 2.58. The van der Waals surface area contributed by atoms with Gasteiger partial charge in [-0.1, -0.05) is 13.8 Å². The second-order valence-corrected chi connectivity index (χ2v) is 5.99. The Morgan fingerprint density at radius 3 is 2.43 bits per heavy atom. The predicted molar refractivity (Wildman–Crippen MR) is 80.8 cm³/mol. The zero-order valence-electron chi connectivity index (χ0n) is 12.9. The van der Waals surface area contributed by atoms with E-state index < -0.39 is 11.5 Å². The maximum absolute atomic E-state index is 12.2. The Morgan fingerprint density at radius 1 is 1.33 bits per heavy atom. The summed E-state index contributed by atoms with van der Waals surface area (Å²) in [7, 11) is 0. The highest BCUT2D eigenvalue weighted by Gasteiger charge is 2.42. The highest BCUT2D eigenvalue weighted by Crippen LogP contribution is 2.28. The van der Waals surface area contributed by atoms with Crippen LogP contribution >= 0.6 is 0 Å². The van der Waals surface area contributed by atoms with E-state index in [-0.39, 0.29) is 17.4 Å². The highest BCUT2D eigenvalue weighted by atomic mass is 16.4. The summed E-state index contributed by atoms with van der Waals surface area (Å²) < 4.78 is 0. The van der Waals surface area contributed by atoms with Crippen molar-refractivity contribution in [3.63, 3.8) is 0 Å². The topological polar surface area (TPSA) is 78.8 Å². The van der Waals surface area contributed by atoms with Crippen molar-refractivity contribution >= 4 is 17.7 Å². The molecule has 1 aromatic carbocycles. The van der Waals surface area contributed by atoms with E-state index in [1.165, 1.54) is 0 Å². The largest absolute Gasteiger partial charge is 0.478 e. The first kappa shape index (κ1) is 15.2. The van der Waals surface area contributed by atoms with E-state index >= 15 is 0 Å².